The maximum atomic E-state index is 12.2. The molecule has 0 aliphatic carbocycles. The average Bonchev–Trinajstić information content (AvgIpc) is 2.93. The van der Waals surface area contributed by atoms with Crippen molar-refractivity contribution >= 4 is 19.7 Å². The topological polar surface area (TPSA) is 141 Å². The van der Waals surface area contributed by atoms with Crippen molar-refractivity contribution in [2.75, 3.05) is 33.2 Å². The number of hydrogen-bond donors (Lipinski definition) is 3. The largest absolute Gasteiger partial charge is 0.469 e. The molecule has 10 nitrogen and oxygen atoms in total. The van der Waals surface area contributed by atoms with E-state index in [1.54, 1.807) is 6.92 Å². The van der Waals surface area contributed by atoms with Gasteiger partial charge in [-0.25, -0.2) is 4.57 Å². The zero-order valence-corrected chi connectivity index (χ0v) is 27.6. The number of unbranched alkanes of at least 4 members (excludes halogenated alkanes) is 18. The van der Waals surface area contributed by atoms with Gasteiger partial charge in [0.1, 0.15) is 12.9 Å². The third-order valence-electron chi connectivity index (χ3n) is 7.02. The van der Waals surface area contributed by atoms with E-state index >= 15 is 0 Å². The Morgan fingerprint density at radius 1 is 0.690 bits per heavy atom. The third-order valence-corrected chi connectivity index (χ3v) is 7.51. The molecule has 1 atom stereocenters. The second-order valence-corrected chi connectivity index (χ2v) is 12.5. The minimum Gasteiger partial charge on any atom is -0.457 e. The molecule has 0 rings (SSSR count). The van der Waals surface area contributed by atoms with E-state index in [0.717, 1.165) is 45.1 Å². The van der Waals surface area contributed by atoms with Crippen LogP contribution in [0.3, 0.4) is 0 Å². The number of phosphoric acid groups is 1. The highest BCUT2D eigenvalue weighted by Crippen LogP contribution is 2.35. The van der Waals surface area contributed by atoms with E-state index in [2.05, 4.69) is 16.8 Å². The molecule has 0 aliphatic rings. The van der Waals surface area contributed by atoms with Gasteiger partial charge in [-0.3, -0.25) is 14.1 Å². The lowest BCUT2D eigenvalue weighted by Gasteiger charge is -2.18. The van der Waals surface area contributed by atoms with Gasteiger partial charge in [0.2, 0.25) is 5.91 Å². The fraction of sp³-hybridized carbons (Fsp3) is 0.935. The maximum absolute atomic E-state index is 12.2. The number of nitrogens with one attached hydrogen (secondary N) is 1. The summed E-state index contributed by atoms with van der Waals surface area (Å²) < 4.78 is 31.9. The smallest absolute Gasteiger partial charge is 0.457 e. The number of carbonyl (C=O) groups excluding carboxylic acids is 2. The van der Waals surface area contributed by atoms with E-state index in [9.17, 15) is 14.2 Å². The SMILES string of the molecule is CCCCCCCCCCC(=O)O[C@H](COCOCCCCCCCCCCCCCCNC(C)=O)COP(=O)(O)O. The molecule has 3 N–H and O–H groups in total. The molecule has 0 saturated carbocycles. The Bertz CT molecular complexity index is 675. The molecule has 11 heteroatoms. The van der Waals surface area contributed by atoms with Crippen LogP contribution in [0.2, 0.25) is 0 Å². The Balaban J connectivity index is 3.73. The van der Waals surface area contributed by atoms with E-state index in [4.69, 9.17) is 24.0 Å². The number of esters is 1. The highest BCUT2D eigenvalue weighted by molar-refractivity contribution is 7.46. The Labute approximate surface area is 255 Å². The van der Waals surface area contributed by atoms with Crippen LogP contribution >= 0.6 is 7.82 Å². The molecule has 0 saturated heterocycles. The van der Waals surface area contributed by atoms with E-state index in [1.165, 1.54) is 89.9 Å². The number of amides is 1. The molecule has 0 fully saturated rings. The molecule has 42 heavy (non-hydrogen) atoms. The highest BCUT2D eigenvalue weighted by atomic mass is 31.2. The third kappa shape index (κ3) is 33.5. The number of rotatable bonds is 32. The number of hydrogen-bond acceptors (Lipinski definition) is 7. The summed E-state index contributed by atoms with van der Waals surface area (Å²) in [6.07, 6.45) is 22.7. The van der Waals surface area contributed by atoms with Crippen molar-refractivity contribution in [2.24, 2.45) is 0 Å². The molecular weight excluding hydrogens is 561 g/mol. The molecule has 0 bridgehead atoms. The van der Waals surface area contributed by atoms with E-state index in [1.807, 2.05) is 0 Å². The summed E-state index contributed by atoms with van der Waals surface area (Å²) in [5.74, 6) is -0.364. The first kappa shape index (κ1) is 41.0. The van der Waals surface area contributed by atoms with Crippen LogP contribution in [0.1, 0.15) is 149 Å². The number of ether oxygens (including phenoxy) is 3. The maximum Gasteiger partial charge on any atom is 0.469 e. The molecule has 0 aromatic heterocycles. The van der Waals surface area contributed by atoms with Crippen LogP contribution < -0.4 is 5.32 Å². The van der Waals surface area contributed by atoms with Crippen molar-refractivity contribution in [3.63, 3.8) is 0 Å². The first-order valence-electron chi connectivity index (χ1n) is 16.5. The van der Waals surface area contributed by atoms with E-state index in [-0.39, 0.29) is 25.7 Å². The molecule has 0 aliphatic heterocycles. The van der Waals surface area contributed by atoms with Crippen LogP contribution in [-0.2, 0) is 32.9 Å². The zero-order chi connectivity index (χ0) is 31.2. The first-order chi connectivity index (χ1) is 20.2. The van der Waals surface area contributed by atoms with Gasteiger partial charge in [0.05, 0.1) is 13.2 Å². The lowest BCUT2D eigenvalue weighted by molar-refractivity contribution is -0.158. The molecule has 0 aromatic carbocycles. The van der Waals surface area contributed by atoms with Crippen molar-refractivity contribution < 1.29 is 42.7 Å². The van der Waals surface area contributed by atoms with Crippen LogP contribution in [0, 0.1) is 0 Å². The minimum absolute atomic E-state index is 0.0230. The zero-order valence-electron chi connectivity index (χ0n) is 26.7. The summed E-state index contributed by atoms with van der Waals surface area (Å²) in [5, 5.41) is 2.83. The molecule has 0 spiro atoms. The highest BCUT2D eigenvalue weighted by Gasteiger charge is 2.21. The normalized spacial score (nSPS) is 12.4. The molecule has 0 radical (unpaired) electrons. The lowest BCUT2D eigenvalue weighted by Crippen LogP contribution is -2.28. The summed E-state index contributed by atoms with van der Waals surface area (Å²) in [6.45, 7) is 4.65. The van der Waals surface area contributed by atoms with Crippen molar-refractivity contribution in [2.45, 2.75) is 155 Å². The second kappa shape index (κ2) is 30.0. The van der Waals surface area contributed by atoms with E-state index in [0.29, 0.717) is 6.61 Å². The Hall–Kier alpha value is -1.03. The van der Waals surface area contributed by atoms with Gasteiger partial charge in [0, 0.05) is 26.5 Å². The number of carbonyl (C=O) groups is 2. The van der Waals surface area contributed by atoms with Gasteiger partial charge in [0.25, 0.3) is 0 Å². The number of phosphoric ester groups is 1. The summed E-state index contributed by atoms with van der Waals surface area (Å²) >= 11 is 0. The molecule has 0 unspecified atom stereocenters. The molecule has 0 heterocycles. The summed E-state index contributed by atoms with van der Waals surface area (Å²) in [5.41, 5.74) is 0. The van der Waals surface area contributed by atoms with Crippen LogP contribution in [0.5, 0.6) is 0 Å². The van der Waals surface area contributed by atoms with Crippen LogP contribution in [0.4, 0.5) is 0 Å². The predicted molar refractivity (Wildman–Crippen MR) is 166 cm³/mol. The predicted octanol–water partition coefficient (Wildman–Crippen LogP) is 7.35. The van der Waals surface area contributed by atoms with Gasteiger partial charge >= 0.3 is 13.8 Å². The van der Waals surface area contributed by atoms with Crippen LogP contribution in [0.15, 0.2) is 0 Å². The van der Waals surface area contributed by atoms with Crippen LogP contribution in [0.25, 0.3) is 0 Å². The van der Waals surface area contributed by atoms with Crippen LogP contribution in [-0.4, -0.2) is 60.9 Å². The van der Waals surface area contributed by atoms with Crippen molar-refractivity contribution in [1.29, 1.82) is 0 Å². The summed E-state index contributed by atoms with van der Waals surface area (Å²) in [4.78, 5) is 41.0. The van der Waals surface area contributed by atoms with Gasteiger partial charge < -0.3 is 29.3 Å². The quantitative estimate of drug-likeness (QED) is 0.0304. The fourth-order valence-corrected chi connectivity index (χ4v) is 4.96. The summed E-state index contributed by atoms with van der Waals surface area (Å²) in [6, 6.07) is 0. The lowest BCUT2D eigenvalue weighted by atomic mass is 10.1. The fourth-order valence-electron chi connectivity index (χ4n) is 4.60. The standard InChI is InChI=1S/C31H62NO9P/c1-3-4-5-6-7-14-17-20-23-31(34)41-30(27-40-42(35,36)37)26-39-28-38-25-22-19-16-13-11-9-8-10-12-15-18-21-24-32-29(2)33/h30H,3-28H2,1-2H3,(H,32,33)(H2,35,36,37)/t30-/m1/s1. The van der Waals surface area contributed by atoms with Crippen molar-refractivity contribution in [1.82, 2.24) is 5.32 Å². The average molecular weight is 624 g/mol. The van der Waals surface area contributed by atoms with Gasteiger partial charge in [0.15, 0.2) is 0 Å². The van der Waals surface area contributed by atoms with Gasteiger partial charge in [-0.05, 0) is 19.3 Å². The molecular formula is C31H62NO9P. The van der Waals surface area contributed by atoms with Gasteiger partial charge in [-0.15, -0.1) is 0 Å². The minimum atomic E-state index is -4.67. The van der Waals surface area contributed by atoms with Gasteiger partial charge in [-0.2, -0.15) is 0 Å². The monoisotopic (exact) mass is 623 g/mol. The second-order valence-electron chi connectivity index (χ2n) is 11.2. The Kier molecular flexibility index (Phi) is 29.3. The molecule has 0 aromatic rings. The first-order valence-corrected chi connectivity index (χ1v) is 18.1. The van der Waals surface area contributed by atoms with Crippen molar-refractivity contribution in [3.8, 4) is 0 Å². The molecule has 250 valence electrons. The summed E-state index contributed by atoms with van der Waals surface area (Å²) in [7, 11) is -4.67. The Morgan fingerprint density at radius 2 is 1.19 bits per heavy atom. The van der Waals surface area contributed by atoms with E-state index < -0.39 is 26.5 Å². The molecule has 1 amide bonds. The van der Waals surface area contributed by atoms with Gasteiger partial charge in [-0.1, -0.05) is 116 Å². The Morgan fingerprint density at radius 3 is 1.71 bits per heavy atom. The van der Waals surface area contributed by atoms with Crippen molar-refractivity contribution in [3.05, 3.63) is 0 Å².